The quantitative estimate of drug-likeness (QED) is 0.705. The minimum Gasteiger partial charge on any atom is -0.472 e. The Morgan fingerprint density at radius 2 is 1.62 bits per heavy atom. The van der Waals surface area contributed by atoms with Crippen molar-refractivity contribution in [1.82, 2.24) is 0 Å². The molecule has 0 amide bonds. The van der Waals surface area contributed by atoms with Crippen molar-refractivity contribution in [3.63, 3.8) is 0 Å². The molecule has 72 valence electrons. The van der Waals surface area contributed by atoms with Crippen molar-refractivity contribution < 1.29 is 4.74 Å². The molecule has 1 aromatic carbocycles. The van der Waals surface area contributed by atoms with Gasteiger partial charge in [0, 0.05) is 5.02 Å². The van der Waals surface area contributed by atoms with Crippen LogP contribution in [-0.4, -0.2) is 5.56 Å². The van der Waals surface area contributed by atoms with Crippen molar-refractivity contribution >= 4 is 46.4 Å². The van der Waals surface area contributed by atoms with Crippen LogP contribution in [-0.2, 0) is 0 Å². The predicted octanol–water partition coefficient (Wildman–Crippen LogP) is 4.61. The summed E-state index contributed by atoms with van der Waals surface area (Å²) >= 11 is 23.0. The fourth-order valence-electron chi connectivity index (χ4n) is 0.804. The highest BCUT2D eigenvalue weighted by molar-refractivity contribution is 6.40. The summed E-state index contributed by atoms with van der Waals surface area (Å²) in [5.41, 5.74) is -0.490. The van der Waals surface area contributed by atoms with Crippen molar-refractivity contribution in [1.29, 1.82) is 0 Å². The second-order valence-electron chi connectivity index (χ2n) is 2.36. The van der Waals surface area contributed by atoms with Gasteiger partial charge in [0.2, 0.25) is 0 Å². The molecule has 0 spiro atoms. The van der Waals surface area contributed by atoms with Crippen LogP contribution in [0.5, 0.6) is 5.75 Å². The summed E-state index contributed by atoms with van der Waals surface area (Å²) in [6, 6.07) is 3.09. The number of rotatable bonds is 2. The maximum absolute atomic E-state index is 5.83. The summed E-state index contributed by atoms with van der Waals surface area (Å²) in [4.78, 5) is 0. The Labute approximate surface area is 96.5 Å². The van der Waals surface area contributed by atoms with Gasteiger partial charge >= 0.3 is 0 Å². The molecule has 1 aromatic rings. The normalized spacial score (nSPS) is 12.7. The fourth-order valence-corrected chi connectivity index (χ4v) is 1.80. The maximum atomic E-state index is 5.83. The Kier molecular flexibility index (Phi) is 3.99. The summed E-state index contributed by atoms with van der Waals surface area (Å²) < 4.78 is 5.17. The van der Waals surface area contributed by atoms with E-state index in [0.717, 1.165) is 0 Å². The first kappa shape index (κ1) is 11.3. The molecule has 1 rings (SSSR count). The Bertz CT molecular complexity index is 288. The first-order valence-corrected chi connectivity index (χ1v) is 5.03. The van der Waals surface area contributed by atoms with E-state index >= 15 is 0 Å². The van der Waals surface area contributed by atoms with Gasteiger partial charge in [-0.05, 0) is 19.1 Å². The van der Waals surface area contributed by atoms with Gasteiger partial charge in [-0.2, -0.15) is 0 Å². The molecule has 0 saturated carbocycles. The molecule has 0 saturated heterocycles. The summed E-state index contributed by atoms with van der Waals surface area (Å²) in [5.74, 6) is 0.357. The summed E-state index contributed by atoms with van der Waals surface area (Å²) in [6.07, 6.45) is 0. The molecule has 13 heavy (non-hydrogen) atoms. The van der Waals surface area contributed by atoms with Crippen LogP contribution in [0.1, 0.15) is 6.92 Å². The zero-order chi connectivity index (χ0) is 10.0. The minimum absolute atomic E-state index is 0.352. The van der Waals surface area contributed by atoms with Crippen molar-refractivity contribution in [3.8, 4) is 5.75 Å². The Morgan fingerprint density at radius 3 is 2.00 bits per heavy atom. The Balaban J connectivity index is 3.06. The third kappa shape index (κ3) is 3.10. The molecule has 1 atom stereocenters. The van der Waals surface area contributed by atoms with E-state index in [0.29, 0.717) is 20.8 Å². The van der Waals surface area contributed by atoms with Crippen LogP contribution < -0.4 is 4.74 Å². The SMILES string of the molecule is C[C@H](Cl)Oc1c(Cl)cc(Cl)cc1Cl. The van der Waals surface area contributed by atoms with Gasteiger partial charge in [-0.1, -0.05) is 46.4 Å². The molecular formula is C8H6Cl4O. The smallest absolute Gasteiger partial charge is 0.169 e. The van der Waals surface area contributed by atoms with Crippen molar-refractivity contribution in [3.05, 3.63) is 27.2 Å². The largest absolute Gasteiger partial charge is 0.472 e. The van der Waals surface area contributed by atoms with Gasteiger partial charge in [0.25, 0.3) is 0 Å². The van der Waals surface area contributed by atoms with Crippen LogP contribution in [0.25, 0.3) is 0 Å². The van der Waals surface area contributed by atoms with Gasteiger partial charge in [-0.25, -0.2) is 0 Å². The minimum atomic E-state index is -0.490. The predicted molar refractivity (Wildman–Crippen MR) is 57.4 cm³/mol. The number of hydrogen-bond acceptors (Lipinski definition) is 1. The molecule has 0 radical (unpaired) electrons. The first-order valence-electron chi connectivity index (χ1n) is 3.46. The van der Waals surface area contributed by atoms with Gasteiger partial charge in [0.05, 0.1) is 10.0 Å². The monoisotopic (exact) mass is 258 g/mol. The number of halogens is 4. The molecule has 0 aliphatic rings. The second-order valence-corrected chi connectivity index (χ2v) is 4.22. The first-order chi connectivity index (χ1) is 6.00. The van der Waals surface area contributed by atoms with E-state index in [1.807, 2.05) is 0 Å². The molecular weight excluding hydrogens is 254 g/mol. The van der Waals surface area contributed by atoms with Crippen LogP contribution in [0.2, 0.25) is 15.1 Å². The third-order valence-corrected chi connectivity index (χ3v) is 2.11. The number of ether oxygens (including phenoxy) is 1. The maximum Gasteiger partial charge on any atom is 0.169 e. The van der Waals surface area contributed by atoms with E-state index in [9.17, 15) is 0 Å². The molecule has 1 nitrogen and oxygen atoms in total. The lowest BCUT2D eigenvalue weighted by Gasteiger charge is -2.11. The van der Waals surface area contributed by atoms with Crippen LogP contribution in [0.4, 0.5) is 0 Å². The average molecular weight is 260 g/mol. The lowest BCUT2D eigenvalue weighted by molar-refractivity contribution is 0.301. The molecule has 0 fully saturated rings. The van der Waals surface area contributed by atoms with Gasteiger partial charge in [0.15, 0.2) is 11.3 Å². The molecule has 0 N–H and O–H groups in total. The van der Waals surface area contributed by atoms with Gasteiger partial charge in [-0.15, -0.1) is 0 Å². The van der Waals surface area contributed by atoms with E-state index in [2.05, 4.69) is 0 Å². The molecule has 0 aromatic heterocycles. The number of alkyl halides is 1. The lowest BCUT2D eigenvalue weighted by atomic mass is 10.3. The Hall–Kier alpha value is 0.180. The fraction of sp³-hybridized carbons (Fsp3) is 0.250. The van der Waals surface area contributed by atoms with Crippen LogP contribution >= 0.6 is 46.4 Å². The molecule has 0 unspecified atom stereocenters. The highest BCUT2D eigenvalue weighted by Crippen LogP contribution is 2.36. The molecule has 5 heteroatoms. The van der Waals surface area contributed by atoms with Crippen LogP contribution in [0, 0.1) is 0 Å². The summed E-state index contributed by atoms with van der Waals surface area (Å²) in [6.45, 7) is 1.67. The van der Waals surface area contributed by atoms with Crippen molar-refractivity contribution in [2.45, 2.75) is 12.5 Å². The molecule has 0 bridgehead atoms. The highest BCUT2D eigenvalue weighted by Gasteiger charge is 2.10. The van der Waals surface area contributed by atoms with E-state index in [-0.39, 0.29) is 0 Å². The van der Waals surface area contributed by atoms with Gasteiger partial charge in [0.1, 0.15) is 0 Å². The lowest BCUT2D eigenvalue weighted by Crippen LogP contribution is -2.03. The van der Waals surface area contributed by atoms with Gasteiger partial charge in [-0.3, -0.25) is 0 Å². The summed E-state index contributed by atoms with van der Waals surface area (Å²) in [7, 11) is 0. The standard InChI is InChI=1S/C8H6Cl4O/c1-4(9)13-8-6(11)2-5(10)3-7(8)12/h2-4H,1H3/t4-/m1/s1. The van der Waals surface area contributed by atoms with E-state index < -0.39 is 5.56 Å². The van der Waals surface area contributed by atoms with E-state index in [1.165, 1.54) is 0 Å². The number of hydrogen-bond donors (Lipinski definition) is 0. The topological polar surface area (TPSA) is 9.23 Å². The zero-order valence-electron chi connectivity index (χ0n) is 6.65. The number of benzene rings is 1. The molecule has 0 aliphatic heterocycles. The summed E-state index contributed by atoms with van der Waals surface area (Å²) in [5, 5.41) is 1.17. The van der Waals surface area contributed by atoms with E-state index in [1.54, 1.807) is 19.1 Å². The van der Waals surface area contributed by atoms with E-state index in [4.69, 9.17) is 51.1 Å². The second kappa shape index (κ2) is 4.61. The highest BCUT2D eigenvalue weighted by atomic mass is 35.5. The van der Waals surface area contributed by atoms with Crippen LogP contribution in [0.3, 0.4) is 0 Å². The third-order valence-electron chi connectivity index (χ3n) is 1.24. The van der Waals surface area contributed by atoms with Gasteiger partial charge < -0.3 is 4.74 Å². The van der Waals surface area contributed by atoms with Crippen LogP contribution in [0.15, 0.2) is 12.1 Å². The average Bonchev–Trinajstić information content (AvgIpc) is 1.96. The van der Waals surface area contributed by atoms with Crippen molar-refractivity contribution in [2.75, 3.05) is 0 Å². The van der Waals surface area contributed by atoms with Crippen molar-refractivity contribution in [2.24, 2.45) is 0 Å². The molecule has 0 aliphatic carbocycles. The zero-order valence-corrected chi connectivity index (χ0v) is 9.68. The Morgan fingerprint density at radius 1 is 1.15 bits per heavy atom. The molecule has 0 heterocycles.